The molecule has 308 valence electrons. The maximum absolute atomic E-state index is 5.49. The van der Waals surface area contributed by atoms with Crippen LogP contribution in [0.25, 0.3) is 52.6 Å². The van der Waals surface area contributed by atoms with Gasteiger partial charge in [-0.3, -0.25) is 0 Å². The van der Waals surface area contributed by atoms with E-state index in [1.165, 1.54) is 42.4 Å². The summed E-state index contributed by atoms with van der Waals surface area (Å²) < 4.78 is 17.2. The Labute approximate surface area is 392 Å². The van der Waals surface area contributed by atoms with Crippen LogP contribution < -0.4 is 49.2 Å². The number of ether oxygens (including phenoxy) is 2. The van der Waals surface area contributed by atoms with Crippen molar-refractivity contribution in [3.8, 4) is 32.6 Å². The second-order valence-electron chi connectivity index (χ2n) is 15.4. The molecule has 0 aliphatic heterocycles. The fourth-order valence-electron chi connectivity index (χ4n) is 7.41. The number of hydrogen-bond acceptors (Lipinski definition) is 10. The molecule has 13 heteroatoms. The van der Waals surface area contributed by atoms with Crippen molar-refractivity contribution in [1.29, 1.82) is 0 Å². The van der Waals surface area contributed by atoms with E-state index >= 15 is 0 Å². The fraction of sp³-hybridized carbons (Fsp3) is 0.184. The molecule has 0 atom stereocenters. The summed E-state index contributed by atoms with van der Waals surface area (Å²) in [4.78, 5) is 13.5. The molecule has 6 aromatic heterocycles. The molecule has 6 heterocycles. The van der Waals surface area contributed by atoms with E-state index in [1.54, 1.807) is 36.9 Å². The van der Waals surface area contributed by atoms with E-state index in [1.807, 2.05) is 52.7 Å². The second kappa shape index (κ2) is 17.5. The molecule has 0 amide bonds. The van der Waals surface area contributed by atoms with Gasteiger partial charge in [-0.15, -0.1) is 32.9 Å². The zero-order valence-electron chi connectivity index (χ0n) is 37.7. The van der Waals surface area contributed by atoms with Gasteiger partial charge in [0.05, 0.1) is 36.4 Å². The number of aromatic nitrogens is 6. The summed E-state index contributed by atoms with van der Waals surface area (Å²) in [5.41, 5.74) is 13.1. The monoisotopic (exact) mass is 866 g/mol. The zero-order valence-corrected chi connectivity index (χ0v) is 40.3. The van der Waals surface area contributed by atoms with Crippen LogP contribution in [0.2, 0.25) is 0 Å². The largest absolute Gasteiger partial charge is 1.00 e. The topological polar surface area (TPSA) is 94.1 Å². The molecule has 0 fully saturated rings. The summed E-state index contributed by atoms with van der Waals surface area (Å²) in [6, 6.07) is 33.7. The van der Waals surface area contributed by atoms with E-state index in [-0.39, 0.29) is 31.0 Å². The molecule has 0 aliphatic carbocycles. The predicted molar refractivity (Wildman–Crippen MR) is 254 cm³/mol. The van der Waals surface area contributed by atoms with Gasteiger partial charge in [-0.05, 0) is 171 Å². The van der Waals surface area contributed by atoms with Crippen LogP contribution in [-0.4, -0.2) is 50.5 Å². The summed E-state index contributed by atoms with van der Waals surface area (Å²) in [5.74, 6) is 3.47. The van der Waals surface area contributed by atoms with Crippen LogP contribution in [0.5, 0.6) is 11.5 Å². The predicted octanol–water partition coefficient (Wildman–Crippen LogP) is 9.72. The third-order valence-electron chi connectivity index (χ3n) is 11.3. The maximum Gasteiger partial charge on any atom is 1.00 e. The van der Waals surface area contributed by atoms with Crippen LogP contribution in [0.3, 0.4) is 0 Å². The molecule has 0 bridgehead atoms. The van der Waals surface area contributed by atoms with E-state index in [2.05, 4.69) is 135 Å². The summed E-state index contributed by atoms with van der Waals surface area (Å²) in [6.07, 6.45) is 3.79. The molecule has 10 rings (SSSR count). The average molecular weight is 867 g/mol. The number of imidazole rings is 2. The van der Waals surface area contributed by atoms with Crippen molar-refractivity contribution in [3.63, 3.8) is 0 Å². The number of aryl methyl sites for hydroxylation is 6. The number of benzene rings is 4. The van der Waals surface area contributed by atoms with Crippen molar-refractivity contribution in [1.82, 2.24) is 29.2 Å². The van der Waals surface area contributed by atoms with Crippen LogP contribution in [0.1, 0.15) is 34.8 Å². The Balaban J connectivity index is 0.000000183. The molecule has 0 radical (unpaired) electrons. The minimum absolute atomic E-state index is 0. The number of methoxy groups -OCH3 is 2. The van der Waals surface area contributed by atoms with E-state index in [9.17, 15) is 0 Å². The van der Waals surface area contributed by atoms with Crippen molar-refractivity contribution in [2.45, 2.75) is 41.5 Å². The molecule has 0 saturated heterocycles. The molecule has 62 heavy (non-hydrogen) atoms. The van der Waals surface area contributed by atoms with Crippen molar-refractivity contribution in [3.05, 3.63) is 143 Å². The van der Waals surface area contributed by atoms with E-state index < -0.39 is 0 Å². The van der Waals surface area contributed by atoms with E-state index in [4.69, 9.17) is 19.7 Å². The number of hydrogen-bond donors (Lipinski definition) is 1. The van der Waals surface area contributed by atoms with Gasteiger partial charge in [0.25, 0.3) is 0 Å². The molecule has 4 aromatic carbocycles. The van der Waals surface area contributed by atoms with Gasteiger partial charge in [-0.1, -0.05) is 12.1 Å². The molecule has 0 saturated carbocycles. The summed E-state index contributed by atoms with van der Waals surface area (Å²) in [7, 11) is 5.47. The Bertz CT molecular complexity index is 3280. The van der Waals surface area contributed by atoms with Gasteiger partial charge in [0.15, 0.2) is 22.9 Å². The zero-order chi connectivity index (χ0) is 42.5. The van der Waals surface area contributed by atoms with Crippen LogP contribution in [0, 0.1) is 41.5 Å². The molecular weight excluding hydrogens is 820 g/mol. The molecular formula is C49H47N8NaO2S2. The molecule has 0 spiro atoms. The third-order valence-corrected chi connectivity index (χ3v) is 13.5. The van der Waals surface area contributed by atoms with Crippen molar-refractivity contribution in [2.24, 2.45) is 0 Å². The normalized spacial score (nSPS) is 11.2. The first-order valence-corrected chi connectivity index (χ1v) is 21.6. The van der Waals surface area contributed by atoms with Gasteiger partial charge in [-0.2, -0.15) is 0 Å². The Morgan fingerprint density at radius 2 is 1.10 bits per heavy atom. The van der Waals surface area contributed by atoms with Gasteiger partial charge in [-0.25, -0.2) is 19.0 Å². The maximum atomic E-state index is 5.49. The van der Waals surface area contributed by atoms with E-state index in [0.29, 0.717) is 0 Å². The standard InChI is InChI=1S/C25H24N4OS.C24H22N4OS.Na.H/c1-15-6-7-19(11-16(15)2)28(4)25-9-8-24-26-14-20(29(24)27-25)23-12-18-10-17(3)21(30-5)13-22(18)31-23;1-14-5-6-18(10-15(14)2)26-23-7-8-24-25-13-19(28(24)27-23)22-11-17-9-16(3)20(29-4)12-21(17)30-22;;/h6-14H,1-5H3;5-13H,1-4H3,(H,26,27);;/q;;+1;-1. The Kier molecular flexibility index (Phi) is 12.1. The summed E-state index contributed by atoms with van der Waals surface area (Å²) >= 11 is 3.45. The van der Waals surface area contributed by atoms with Gasteiger partial charge in [0.1, 0.15) is 22.9 Å². The summed E-state index contributed by atoms with van der Waals surface area (Å²) in [5, 5.41) is 15.5. The van der Waals surface area contributed by atoms with Gasteiger partial charge < -0.3 is 21.1 Å². The van der Waals surface area contributed by atoms with Gasteiger partial charge >= 0.3 is 29.6 Å². The fourth-order valence-corrected chi connectivity index (χ4v) is 9.54. The molecule has 10 nitrogen and oxygen atoms in total. The Morgan fingerprint density at radius 3 is 1.65 bits per heavy atom. The average Bonchev–Trinajstić information content (AvgIpc) is 4.06. The SMILES string of the molecule is COc1cc2sc(-c3cnc4ccc(N(C)c5ccc(C)c(C)c5)nn34)cc2cc1C.COc1cc2sc(-c3cnc4ccc(Nc5ccc(C)c(C)c5)nn34)cc2cc1C.[H-].[Na+]. The first-order chi connectivity index (χ1) is 29.5. The quantitative estimate of drug-likeness (QED) is 0.151. The van der Waals surface area contributed by atoms with Crippen LogP contribution in [0.4, 0.5) is 23.0 Å². The first-order valence-electron chi connectivity index (χ1n) is 20.0. The van der Waals surface area contributed by atoms with Crippen molar-refractivity contribution >= 4 is 77.2 Å². The number of fused-ring (bicyclic) bond motifs is 4. The smallest absolute Gasteiger partial charge is 1.00 e. The first kappa shape index (κ1) is 42.9. The Hall–Kier alpha value is -5.76. The molecule has 0 aliphatic rings. The van der Waals surface area contributed by atoms with Crippen molar-refractivity contribution in [2.75, 3.05) is 31.5 Å². The number of anilines is 4. The molecule has 10 aromatic rings. The summed E-state index contributed by atoms with van der Waals surface area (Å²) in [6.45, 7) is 12.6. The van der Waals surface area contributed by atoms with Crippen molar-refractivity contribution < 1.29 is 40.5 Å². The number of thiophene rings is 2. The molecule has 1 N–H and O–H groups in total. The van der Waals surface area contributed by atoms with Gasteiger partial charge in [0.2, 0.25) is 0 Å². The number of rotatable bonds is 8. The van der Waals surface area contributed by atoms with Gasteiger partial charge in [0, 0.05) is 27.8 Å². The number of nitrogens with one attached hydrogen (secondary N) is 1. The number of nitrogens with zero attached hydrogens (tertiary/aromatic N) is 7. The van der Waals surface area contributed by atoms with Crippen LogP contribution in [0.15, 0.2) is 109 Å². The molecule has 0 unspecified atom stereocenters. The van der Waals surface area contributed by atoms with Crippen LogP contribution in [-0.2, 0) is 0 Å². The minimum Gasteiger partial charge on any atom is -1.00 e. The third kappa shape index (κ3) is 8.28. The Morgan fingerprint density at radius 1 is 0.565 bits per heavy atom. The minimum atomic E-state index is 0. The van der Waals surface area contributed by atoms with Crippen LogP contribution >= 0.6 is 22.7 Å². The van der Waals surface area contributed by atoms with E-state index in [0.717, 1.165) is 78.1 Å². The second-order valence-corrected chi connectivity index (χ2v) is 17.6.